The monoisotopic (exact) mass is 270 g/mol. The number of thiocarbonyl (C=S) groups is 1. The summed E-state index contributed by atoms with van der Waals surface area (Å²) in [6.45, 7) is 3.03. The molecule has 1 aliphatic rings. The first kappa shape index (κ1) is 15.4. The topological polar surface area (TPSA) is 46.3 Å². The average Bonchev–Trinajstić information content (AvgIpc) is 2.38. The number of nitrogens with zero attached hydrogens (tertiary/aromatic N) is 1. The summed E-state index contributed by atoms with van der Waals surface area (Å²) in [6, 6.07) is 0.0110. The molecule has 3 nitrogen and oxygen atoms in total. The zero-order chi connectivity index (χ0) is 13.4. The van der Waals surface area contributed by atoms with E-state index < -0.39 is 0 Å². The molecule has 1 fully saturated rings. The zero-order valence-electron chi connectivity index (χ0n) is 11.5. The van der Waals surface area contributed by atoms with E-state index in [1.165, 1.54) is 19.3 Å². The molecule has 4 heteroatoms. The van der Waals surface area contributed by atoms with Gasteiger partial charge in [0.1, 0.15) is 0 Å². The Morgan fingerprint density at radius 3 is 2.67 bits per heavy atom. The van der Waals surface area contributed by atoms with Gasteiger partial charge in [-0.15, -0.1) is 0 Å². The first-order valence-electron chi connectivity index (χ1n) is 7.25. The molecule has 0 aliphatic carbocycles. The van der Waals surface area contributed by atoms with E-state index in [2.05, 4.69) is 6.92 Å². The third-order valence-electron chi connectivity index (χ3n) is 3.65. The van der Waals surface area contributed by atoms with E-state index in [0.29, 0.717) is 11.4 Å². The maximum absolute atomic E-state index is 12.2. The van der Waals surface area contributed by atoms with Crippen LogP contribution in [0.25, 0.3) is 0 Å². The van der Waals surface area contributed by atoms with Crippen molar-refractivity contribution in [1.29, 1.82) is 0 Å². The van der Waals surface area contributed by atoms with Gasteiger partial charge in [0.05, 0.1) is 11.0 Å². The molecule has 1 unspecified atom stereocenters. The highest BCUT2D eigenvalue weighted by Crippen LogP contribution is 2.19. The van der Waals surface area contributed by atoms with Crippen LogP contribution >= 0.6 is 12.2 Å². The highest BCUT2D eigenvalue weighted by molar-refractivity contribution is 7.80. The quantitative estimate of drug-likeness (QED) is 0.571. The highest BCUT2D eigenvalue weighted by Gasteiger charge is 2.27. The number of likely N-dealkylation sites (tertiary alicyclic amines) is 1. The number of amides is 1. The lowest BCUT2D eigenvalue weighted by atomic mass is 10.0. The fraction of sp³-hybridized carbons (Fsp3) is 0.857. The zero-order valence-corrected chi connectivity index (χ0v) is 12.3. The number of piperidine rings is 1. The van der Waals surface area contributed by atoms with Gasteiger partial charge in [-0.25, -0.2) is 0 Å². The number of hydrogen-bond donors (Lipinski definition) is 1. The van der Waals surface area contributed by atoms with Gasteiger partial charge >= 0.3 is 0 Å². The summed E-state index contributed by atoms with van der Waals surface area (Å²) in [5.74, 6) is 0.240. The fourth-order valence-corrected chi connectivity index (χ4v) is 2.79. The van der Waals surface area contributed by atoms with Crippen LogP contribution < -0.4 is 5.73 Å². The van der Waals surface area contributed by atoms with E-state index in [1.807, 2.05) is 4.90 Å². The standard InChI is InChI=1S/C14H26N2OS/c1-2-3-4-5-6-10-13(17)16-11-8-7-9-12(16)14(15)18/h12H,2-11H2,1H3,(H2,15,18). The minimum absolute atomic E-state index is 0.0110. The highest BCUT2D eigenvalue weighted by atomic mass is 32.1. The predicted octanol–water partition coefficient (Wildman–Crippen LogP) is 3.01. The van der Waals surface area contributed by atoms with E-state index in [4.69, 9.17) is 18.0 Å². The van der Waals surface area contributed by atoms with Crippen LogP contribution in [0.1, 0.15) is 64.7 Å². The second-order valence-corrected chi connectivity index (χ2v) is 5.64. The molecule has 1 rings (SSSR count). The molecule has 2 N–H and O–H groups in total. The molecule has 0 aromatic rings. The van der Waals surface area contributed by atoms with Crippen LogP contribution in [0.3, 0.4) is 0 Å². The van der Waals surface area contributed by atoms with Crippen molar-refractivity contribution in [3.05, 3.63) is 0 Å². The largest absolute Gasteiger partial charge is 0.392 e. The molecule has 0 aromatic carbocycles. The molecule has 0 spiro atoms. The minimum atomic E-state index is 0.0110. The van der Waals surface area contributed by atoms with Gasteiger partial charge in [-0.1, -0.05) is 44.8 Å². The van der Waals surface area contributed by atoms with Gasteiger partial charge < -0.3 is 10.6 Å². The first-order chi connectivity index (χ1) is 8.66. The lowest BCUT2D eigenvalue weighted by Crippen LogP contribution is -2.49. The summed E-state index contributed by atoms with van der Waals surface area (Å²) in [5.41, 5.74) is 5.73. The summed E-state index contributed by atoms with van der Waals surface area (Å²) in [5, 5.41) is 0. The van der Waals surface area contributed by atoms with Crippen molar-refractivity contribution < 1.29 is 4.79 Å². The molecule has 1 amide bonds. The number of carbonyl (C=O) groups is 1. The Hall–Kier alpha value is -0.640. The van der Waals surface area contributed by atoms with Crippen molar-refractivity contribution in [2.75, 3.05) is 6.54 Å². The van der Waals surface area contributed by atoms with Crippen molar-refractivity contribution in [2.45, 2.75) is 70.8 Å². The van der Waals surface area contributed by atoms with E-state index in [-0.39, 0.29) is 11.9 Å². The van der Waals surface area contributed by atoms with Gasteiger partial charge in [-0.3, -0.25) is 4.79 Å². The molecular formula is C14H26N2OS. The molecule has 18 heavy (non-hydrogen) atoms. The molecule has 1 aliphatic heterocycles. The van der Waals surface area contributed by atoms with Crippen LogP contribution in [0.2, 0.25) is 0 Å². The second kappa shape index (κ2) is 8.46. The van der Waals surface area contributed by atoms with E-state index >= 15 is 0 Å². The Kier molecular flexibility index (Phi) is 7.25. The first-order valence-corrected chi connectivity index (χ1v) is 7.66. The Labute approximate surface area is 116 Å². The lowest BCUT2D eigenvalue weighted by Gasteiger charge is -2.35. The number of carbonyl (C=O) groups excluding carboxylic acids is 1. The lowest BCUT2D eigenvalue weighted by molar-refractivity contribution is -0.133. The smallest absolute Gasteiger partial charge is 0.223 e. The number of rotatable bonds is 7. The van der Waals surface area contributed by atoms with E-state index in [0.717, 1.165) is 38.6 Å². The van der Waals surface area contributed by atoms with E-state index in [9.17, 15) is 4.79 Å². The number of unbranched alkanes of at least 4 members (excludes halogenated alkanes) is 4. The van der Waals surface area contributed by atoms with Crippen LogP contribution in [0.4, 0.5) is 0 Å². The van der Waals surface area contributed by atoms with Crippen molar-refractivity contribution in [3.8, 4) is 0 Å². The molecule has 104 valence electrons. The molecule has 0 saturated carbocycles. The fourth-order valence-electron chi connectivity index (χ4n) is 2.55. The Morgan fingerprint density at radius 1 is 1.28 bits per heavy atom. The molecular weight excluding hydrogens is 244 g/mol. The third kappa shape index (κ3) is 4.92. The Balaban J connectivity index is 2.32. The van der Waals surface area contributed by atoms with Crippen LogP contribution in [-0.2, 0) is 4.79 Å². The summed E-state index contributed by atoms with van der Waals surface area (Å²) in [4.78, 5) is 14.5. The average molecular weight is 270 g/mol. The molecule has 0 radical (unpaired) electrons. The normalized spacial score (nSPS) is 19.8. The maximum atomic E-state index is 12.2. The van der Waals surface area contributed by atoms with Gasteiger partial charge in [-0.05, 0) is 25.7 Å². The van der Waals surface area contributed by atoms with Crippen LogP contribution in [0.5, 0.6) is 0 Å². The van der Waals surface area contributed by atoms with Crippen LogP contribution in [-0.4, -0.2) is 28.4 Å². The number of hydrogen-bond acceptors (Lipinski definition) is 2. The van der Waals surface area contributed by atoms with Gasteiger partial charge in [-0.2, -0.15) is 0 Å². The van der Waals surface area contributed by atoms with Gasteiger partial charge in [0.2, 0.25) is 5.91 Å². The summed E-state index contributed by atoms with van der Waals surface area (Å²) >= 11 is 5.07. The van der Waals surface area contributed by atoms with Gasteiger partial charge in [0.15, 0.2) is 0 Å². The van der Waals surface area contributed by atoms with Crippen LogP contribution in [0.15, 0.2) is 0 Å². The summed E-state index contributed by atoms with van der Waals surface area (Å²) in [7, 11) is 0. The summed E-state index contributed by atoms with van der Waals surface area (Å²) < 4.78 is 0. The predicted molar refractivity (Wildman–Crippen MR) is 79.5 cm³/mol. The van der Waals surface area contributed by atoms with Crippen LogP contribution in [0, 0.1) is 0 Å². The minimum Gasteiger partial charge on any atom is -0.392 e. The molecule has 0 bridgehead atoms. The van der Waals surface area contributed by atoms with Gasteiger partial charge in [0, 0.05) is 13.0 Å². The Morgan fingerprint density at radius 2 is 2.00 bits per heavy atom. The van der Waals surface area contributed by atoms with Crippen molar-refractivity contribution in [1.82, 2.24) is 4.90 Å². The number of nitrogens with two attached hydrogens (primary N) is 1. The molecule has 1 heterocycles. The van der Waals surface area contributed by atoms with Crippen molar-refractivity contribution in [3.63, 3.8) is 0 Å². The van der Waals surface area contributed by atoms with Crippen molar-refractivity contribution >= 4 is 23.1 Å². The van der Waals surface area contributed by atoms with Crippen molar-refractivity contribution in [2.24, 2.45) is 5.73 Å². The summed E-state index contributed by atoms with van der Waals surface area (Å²) in [6.07, 6.45) is 9.72. The molecule has 1 saturated heterocycles. The van der Waals surface area contributed by atoms with E-state index in [1.54, 1.807) is 0 Å². The second-order valence-electron chi connectivity index (χ2n) is 5.17. The SMILES string of the molecule is CCCCCCCC(=O)N1CCCCC1C(N)=S. The third-order valence-corrected chi connectivity index (χ3v) is 3.92. The molecule has 0 aromatic heterocycles. The molecule has 1 atom stereocenters. The maximum Gasteiger partial charge on any atom is 0.223 e. The Bertz CT molecular complexity index is 281. The van der Waals surface area contributed by atoms with Gasteiger partial charge in [0.25, 0.3) is 0 Å².